The zero-order valence-corrected chi connectivity index (χ0v) is 8.87. The highest BCUT2D eigenvalue weighted by Gasteiger charge is 2.20. The number of allylic oxidation sites excluding steroid dienone is 1. The van der Waals surface area contributed by atoms with Gasteiger partial charge in [0, 0.05) is 10.7 Å². The third kappa shape index (κ3) is 4.78. The summed E-state index contributed by atoms with van der Waals surface area (Å²) in [5.41, 5.74) is 0. The number of hydrogen-bond acceptors (Lipinski definition) is 2. The van der Waals surface area contributed by atoms with E-state index >= 15 is 0 Å². The van der Waals surface area contributed by atoms with Crippen LogP contribution in [0, 0.1) is 0 Å². The molecule has 0 aliphatic heterocycles. The van der Waals surface area contributed by atoms with Gasteiger partial charge in [-0.3, -0.25) is 0 Å². The van der Waals surface area contributed by atoms with Gasteiger partial charge in [0.15, 0.2) is 0 Å². The molecule has 0 aromatic rings. The molecule has 4 heteroatoms. The van der Waals surface area contributed by atoms with Crippen LogP contribution in [0.5, 0.6) is 0 Å². The number of hydrogen-bond donors (Lipinski definition) is 0. The van der Waals surface area contributed by atoms with E-state index in [1.165, 1.54) is 0 Å². The van der Waals surface area contributed by atoms with E-state index in [4.69, 9.17) is 10.7 Å². The van der Waals surface area contributed by atoms with Gasteiger partial charge in [-0.15, -0.1) is 6.58 Å². The summed E-state index contributed by atoms with van der Waals surface area (Å²) in [6.45, 7) is 5.52. The zero-order chi connectivity index (χ0) is 9.61. The van der Waals surface area contributed by atoms with Gasteiger partial charge in [0.2, 0.25) is 9.05 Å². The van der Waals surface area contributed by atoms with Crippen LogP contribution in [0.15, 0.2) is 12.7 Å². The van der Waals surface area contributed by atoms with Crippen molar-refractivity contribution in [2.75, 3.05) is 0 Å². The lowest BCUT2D eigenvalue weighted by atomic mass is 10.1. The summed E-state index contributed by atoms with van der Waals surface area (Å²) in [4.78, 5) is 0. The molecule has 0 fully saturated rings. The summed E-state index contributed by atoms with van der Waals surface area (Å²) in [6, 6.07) is 0. The molecule has 0 amide bonds. The van der Waals surface area contributed by atoms with Crippen LogP contribution in [0.1, 0.15) is 32.6 Å². The Balaban J connectivity index is 4.14. The second-order valence-corrected chi connectivity index (χ2v) is 5.67. The van der Waals surface area contributed by atoms with Gasteiger partial charge in [-0.1, -0.05) is 25.8 Å². The first-order chi connectivity index (χ1) is 5.52. The van der Waals surface area contributed by atoms with Gasteiger partial charge in [0.1, 0.15) is 0 Å². The lowest BCUT2D eigenvalue weighted by Gasteiger charge is -2.09. The smallest absolute Gasteiger partial charge is 0.212 e. The van der Waals surface area contributed by atoms with E-state index < -0.39 is 14.3 Å². The molecule has 2 nitrogen and oxygen atoms in total. The highest BCUT2D eigenvalue weighted by atomic mass is 35.7. The minimum atomic E-state index is -3.40. The van der Waals surface area contributed by atoms with Crippen molar-refractivity contribution < 1.29 is 8.42 Å². The molecule has 72 valence electrons. The van der Waals surface area contributed by atoms with Crippen molar-refractivity contribution >= 4 is 19.7 Å². The molecule has 0 aromatic carbocycles. The van der Waals surface area contributed by atoms with Crippen LogP contribution in [0.4, 0.5) is 0 Å². The molecule has 0 aliphatic carbocycles. The quantitative estimate of drug-likeness (QED) is 0.499. The maximum absolute atomic E-state index is 10.9. The highest BCUT2D eigenvalue weighted by molar-refractivity contribution is 8.14. The third-order valence-electron chi connectivity index (χ3n) is 1.71. The number of unbranched alkanes of at least 4 members (excludes halogenated alkanes) is 1. The first-order valence-corrected chi connectivity index (χ1v) is 6.44. The zero-order valence-electron chi connectivity index (χ0n) is 7.29. The van der Waals surface area contributed by atoms with Crippen molar-refractivity contribution in [2.45, 2.75) is 37.9 Å². The standard InChI is InChI=1S/C8H15ClO2S/c1-3-5-7-8(6-4-2)12(9,10)11/h4,8H,2-3,5-7H2,1H3. The Labute approximate surface area is 79.0 Å². The minimum Gasteiger partial charge on any atom is -0.212 e. The van der Waals surface area contributed by atoms with Crippen molar-refractivity contribution in [3.8, 4) is 0 Å². The second kappa shape index (κ2) is 5.60. The highest BCUT2D eigenvalue weighted by Crippen LogP contribution is 2.17. The molecule has 12 heavy (non-hydrogen) atoms. The van der Waals surface area contributed by atoms with Crippen molar-refractivity contribution in [3.05, 3.63) is 12.7 Å². The predicted molar refractivity (Wildman–Crippen MR) is 52.9 cm³/mol. The predicted octanol–water partition coefficient (Wildman–Crippen LogP) is 2.69. The van der Waals surface area contributed by atoms with Crippen LogP contribution in [0.25, 0.3) is 0 Å². The number of rotatable bonds is 6. The largest absolute Gasteiger partial charge is 0.235 e. The molecule has 0 heterocycles. The average Bonchev–Trinajstić information content (AvgIpc) is 1.95. The van der Waals surface area contributed by atoms with Gasteiger partial charge in [0.25, 0.3) is 0 Å². The molecule has 0 N–H and O–H groups in total. The molecular weight excluding hydrogens is 196 g/mol. The van der Waals surface area contributed by atoms with Gasteiger partial charge in [-0.25, -0.2) is 8.42 Å². The van der Waals surface area contributed by atoms with Gasteiger partial charge >= 0.3 is 0 Å². The summed E-state index contributed by atoms with van der Waals surface area (Å²) in [5.74, 6) is 0. The van der Waals surface area contributed by atoms with Crippen molar-refractivity contribution in [1.29, 1.82) is 0 Å². The van der Waals surface area contributed by atoms with E-state index in [9.17, 15) is 8.42 Å². The monoisotopic (exact) mass is 210 g/mol. The Morgan fingerprint density at radius 1 is 1.58 bits per heavy atom. The molecule has 0 saturated carbocycles. The summed E-state index contributed by atoms with van der Waals surface area (Å²) in [5, 5.41) is -0.448. The summed E-state index contributed by atoms with van der Waals surface area (Å²) in [7, 11) is 1.84. The SMILES string of the molecule is C=CCC(CCCC)S(=O)(=O)Cl. The Bertz CT molecular complexity index is 221. The average molecular weight is 211 g/mol. The lowest BCUT2D eigenvalue weighted by molar-refractivity contribution is 0.577. The fourth-order valence-corrected chi connectivity index (χ4v) is 2.29. The lowest BCUT2D eigenvalue weighted by Crippen LogP contribution is -2.14. The van der Waals surface area contributed by atoms with Crippen LogP contribution in [0.2, 0.25) is 0 Å². The Morgan fingerprint density at radius 3 is 2.50 bits per heavy atom. The molecule has 0 aliphatic rings. The van der Waals surface area contributed by atoms with E-state index in [-0.39, 0.29) is 0 Å². The van der Waals surface area contributed by atoms with Crippen molar-refractivity contribution in [3.63, 3.8) is 0 Å². The normalized spacial score (nSPS) is 14.2. The topological polar surface area (TPSA) is 34.1 Å². The molecule has 0 rings (SSSR count). The first-order valence-electron chi connectivity index (χ1n) is 4.06. The van der Waals surface area contributed by atoms with Crippen molar-refractivity contribution in [1.82, 2.24) is 0 Å². The number of halogens is 1. The van der Waals surface area contributed by atoms with Gasteiger partial charge in [-0.2, -0.15) is 0 Å². The van der Waals surface area contributed by atoms with Gasteiger partial charge in [-0.05, 0) is 12.8 Å². The van der Waals surface area contributed by atoms with Crippen molar-refractivity contribution in [2.24, 2.45) is 0 Å². The van der Waals surface area contributed by atoms with Crippen LogP contribution < -0.4 is 0 Å². The van der Waals surface area contributed by atoms with Crippen LogP contribution >= 0.6 is 10.7 Å². The van der Waals surface area contributed by atoms with Gasteiger partial charge in [0.05, 0.1) is 5.25 Å². The first kappa shape index (κ1) is 12.0. The molecule has 1 atom stereocenters. The molecular formula is C8H15ClO2S. The molecule has 0 radical (unpaired) electrons. The summed E-state index contributed by atoms with van der Waals surface area (Å²) < 4.78 is 21.9. The fourth-order valence-electron chi connectivity index (χ4n) is 0.991. The Kier molecular flexibility index (Phi) is 5.59. The van der Waals surface area contributed by atoms with E-state index in [0.29, 0.717) is 12.8 Å². The van der Waals surface area contributed by atoms with Crippen LogP contribution in [0.3, 0.4) is 0 Å². The Morgan fingerprint density at radius 2 is 2.17 bits per heavy atom. The van der Waals surface area contributed by atoms with Crippen LogP contribution in [-0.4, -0.2) is 13.7 Å². The third-order valence-corrected chi connectivity index (χ3v) is 3.69. The van der Waals surface area contributed by atoms with E-state index in [2.05, 4.69) is 6.58 Å². The Hall–Kier alpha value is -0.0200. The maximum atomic E-state index is 10.9. The van der Waals surface area contributed by atoms with E-state index in [1.54, 1.807) is 6.08 Å². The molecule has 0 spiro atoms. The van der Waals surface area contributed by atoms with Gasteiger partial charge < -0.3 is 0 Å². The summed E-state index contributed by atoms with van der Waals surface area (Å²) >= 11 is 0. The minimum absolute atomic E-state index is 0.448. The second-order valence-electron chi connectivity index (χ2n) is 2.76. The van der Waals surface area contributed by atoms with E-state index in [1.807, 2.05) is 6.92 Å². The molecule has 0 saturated heterocycles. The molecule has 1 unspecified atom stereocenters. The van der Waals surface area contributed by atoms with Crippen LogP contribution in [-0.2, 0) is 9.05 Å². The molecule has 0 aromatic heterocycles. The fraction of sp³-hybridized carbons (Fsp3) is 0.750. The van der Waals surface area contributed by atoms with E-state index in [0.717, 1.165) is 12.8 Å². The summed E-state index contributed by atoms with van der Waals surface area (Å²) in [6.07, 6.45) is 4.56. The maximum Gasteiger partial charge on any atom is 0.235 e. The molecule has 0 bridgehead atoms.